The van der Waals surface area contributed by atoms with Crippen LogP contribution in [0.2, 0.25) is 0 Å². The van der Waals surface area contributed by atoms with E-state index in [4.69, 9.17) is 14.6 Å². The van der Waals surface area contributed by atoms with Crippen molar-refractivity contribution in [2.45, 2.75) is 38.0 Å². The lowest BCUT2D eigenvalue weighted by atomic mass is 10.1. The second-order valence-corrected chi connectivity index (χ2v) is 5.88. The van der Waals surface area contributed by atoms with Crippen LogP contribution in [0.5, 0.6) is 11.5 Å². The molecule has 0 saturated carbocycles. The summed E-state index contributed by atoms with van der Waals surface area (Å²) in [7, 11) is -4.47. The molecule has 2 N–H and O–H groups in total. The predicted octanol–water partition coefficient (Wildman–Crippen LogP) is 2.14. The Morgan fingerprint density at radius 2 is 1.82 bits per heavy atom. The standard InChI is InChI=1S/C14H20O7S/c1-3-20-10-8-12(21-4-2)11(6-5-7-14(15)16)13(9-10)22(17,18)19/h8-9H,3-7H2,1-2H3,(H,15,16)(H,17,18,19). The number of carboxylic acids is 1. The van der Waals surface area contributed by atoms with Gasteiger partial charge in [-0.3, -0.25) is 9.35 Å². The van der Waals surface area contributed by atoms with Crippen LogP contribution >= 0.6 is 0 Å². The van der Waals surface area contributed by atoms with E-state index in [1.165, 1.54) is 12.1 Å². The maximum atomic E-state index is 11.6. The minimum Gasteiger partial charge on any atom is -0.494 e. The average molecular weight is 332 g/mol. The number of carbonyl (C=O) groups is 1. The molecule has 1 rings (SSSR count). The van der Waals surface area contributed by atoms with E-state index < -0.39 is 16.1 Å². The number of ether oxygens (including phenoxy) is 2. The third-order valence-corrected chi connectivity index (χ3v) is 3.77. The van der Waals surface area contributed by atoms with E-state index in [0.717, 1.165) is 0 Å². The molecule has 124 valence electrons. The molecule has 0 radical (unpaired) electrons. The van der Waals surface area contributed by atoms with Crippen LogP contribution in [-0.2, 0) is 21.3 Å². The van der Waals surface area contributed by atoms with Gasteiger partial charge in [0.15, 0.2) is 0 Å². The van der Waals surface area contributed by atoms with Gasteiger partial charge < -0.3 is 14.6 Å². The monoisotopic (exact) mass is 332 g/mol. The summed E-state index contributed by atoms with van der Waals surface area (Å²) in [5, 5.41) is 8.69. The molecule has 0 aromatic heterocycles. The Morgan fingerprint density at radius 1 is 1.18 bits per heavy atom. The van der Waals surface area contributed by atoms with Crippen molar-refractivity contribution >= 4 is 16.1 Å². The second-order valence-electron chi connectivity index (χ2n) is 4.49. The number of rotatable bonds is 9. The molecule has 0 atom stereocenters. The fourth-order valence-corrected chi connectivity index (χ4v) is 2.80. The minimum atomic E-state index is -4.47. The summed E-state index contributed by atoms with van der Waals surface area (Å²) in [6.45, 7) is 4.11. The topological polar surface area (TPSA) is 110 Å². The van der Waals surface area contributed by atoms with E-state index in [-0.39, 0.29) is 41.2 Å². The van der Waals surface area contributed by atoms with Gasteiger partial charge in [-0.05, 0) is 26.7 Å². The van der Waals surface area contributed by atoms with Crippen LogP contribution in [0, 0.1) is 0 Å². The highest BCUT2D eigenvalue weighted by atomic mass is 32.2. The Hall–Kier alpha value is -1.80. The molecule has 0 fully saturated rings. The van der Waals surface area contributed by atoms with Crippen LogP contribution in [0.1, 0.15) is 32.3 Å². The molecule has 0 spiro atoms. The molecule has 22 heavy (non-hydrogen) atoms. The Balaban J connectivity index is 3.30. The molecule has 1 aromatic carbocycles. The Bertz CT molecular complexity index is 622. The highest BCUT2D eigenvalue weighted by Gasteiger charge is 2.21. The van der Waals surface area contributed by atoms with Gasteiger partial charge in [0.05, 0.1) is 13.2 Å². The van der Waals surface area contributed by atoms with Crippen molar-refractivity contribution in [3.8, 4) is 11.5 Å². The van der Waals surface area contributed by atoms with Crippen LogP contribution in [0.3, 0.4) is 0 Å². The lowest BCUT2D eigenvalue weighted by Gasteiger charge is -2.15. The highest BCUT2D eigenvalue weighted by Crippen LogP contribution is 2.33. The minimum absolute atomic E-state index is 0.107. The van der Waals surface area contributed by atoms with Crippen LogP contribution in [0.25, 0.3) is 0 Å². The molecule has 0 saturated heterocycles. The van der Waals surface area contributed by atoms with Gasteiger partial charge in [-0.1, -0.05) is 0 Å². The lowest BCUT2D eigenvalue weighted by molar-refractivity contribution is -0.137. The van der Waals surface area contributed by atoms with Gasteiger partial charge in [-0.2, -0.15) is 8.42 Å². The van der Waals surface area contributed by atoms with E-state index in [0.29, 0.717) is 13.2 Å². The molecule has 0 amide bonds. The van der Waals surface area contributed by atoms with Crippen LogP contribution in [0.4, 0.5) is 0 Å². The van der Waals surface area contributed by atoms with Crippen molar-refractivity contribution in [2.75, 3.05) is 13.2 Å². The number of carboxylic acid groups (broad SMARTS) is 1. The first-order valence-corrected chi connectivity index (χ1v) is 8.35. The van der Waals surface area contributed by atoms with Crippen molar-refractivity contribution < 1.29 is 32.3 Å². The van der Waals surface area contributed by atoms with Gasteiger partial charge in [-0.25, -0.2) is 0 Å². The first-order chi connectivity index (χ1) is 10.3. The maximum absolute atomic E-state index is 11.6. The van der Waals surface area contributed by atoms with Crippen molar-refractivity contribution in [2.24, 2.45) is 0 Å². The molecule has 0 aliphatic rings. The summed E-state index contributed by atoms with van der Waals surface area (Å²) in [6, 6.07) is 2.76. The molecule has 8 heteroatoms. The molecular weight excluding hydrogens is 312 g/mol. The van der Waals surface area contributed by atoms with E-state index >= 15 is 0 Å². The van der Waals surface area contributed by atoms with Crippen molar-refractivity contribution in [3.63, 3.8) is 0 Å². The first kappa shape index (κ1) is 18.2. The number of aliphatic carboxylic acids is 1. The van der Waals surface area contributed by atoms with Gasteiger partial charge in [0.1, 0.15) is 16.4 Å². The number of benzene rings is 1. The Kier molecular flexibility index (Phi) is 6.63. The van der Waals surface area contributed by atoms with E-state index in [1.807, 2.05) is 0 Å². The zero-order valence-electron chi connectivity index (χ0n) is 12.5. The second kappa shape index (κ2) is 8.00. The molecular formula is C14H20O7S. The summed E-state index contributed by atoms with van der Waals surface area (Å²) in [5.41, 5.74) is 0.258. The SMILES string of the molecule is CCOc1cc(OCC)c(CCCC(=O)O)c(S(=O)(=O)O)c1. The lowest BCUT2D eigenvalue weighted by Crippen LogP contribution is -2.08. The Labute approximate surface area is 129 Å². The van der Waals surface area contributed by atoms with Crippen molar-refractivity contribution in [3.05, 3.63) is 17.7 Å². The summed E-state index contributed by atoms with van der Waals surface area (Å²) in [6.07, 6.45) is 0.277. The van der Waals surface area contributed by atoms with Gasteiger partial charge >= 0.3 is 5.97 Å². The average Bonchev–Trinajstić information content (AvgIpc) is 2.39. The van der Waals surface area contributed by atoms with Crippen LogP contribution in [0.15, 0.2) is 17.0 Å². The summed E-state index contributed by atoms with van der Waals surface area (Å²) >= 11 is 0. The number of hydrogen-bond acceptors (Lipinski definition) is 5. The Morgan fingerprint density at radius 3 is 2.32 bits per heavy atom. The van der Waals surface area contributed by atoms with Crippen molar-refractivity contribution in [1.82, 2.24) is 0 Å². The normalized spacial score (nSPS) is 11.2. The highest BCUT2D eigenvalue weighted by molar-refractivity contribution is 7.85. The molecule has 0 bridgehead atoms. The fraction of sp³-hybridized carbons (Fsp3) is 0.500. The van der Waals surface area contributed by atoms with Gasteiger partial charge in [0.25, 0.3) is 10.1 Å². The molecule has 7 nitrogen and oxygen atoms in total. The first-order valence-electron chi connectivity index (χ1n) is 6.91. The fourth-order valence-electron chi connectivity index (χ4n) is 2.02. The quantitative estimate of drug-likeness (QED) is 0.666. The van der Waals surface area contributed by atoms with Gasteiger partial charge in [-0.15, -0.1) is 0 Å². The van der Waals surface area contributed by atoms with E-state index in [1.54, 1.807) is 13.8 Å². The largest absolute Gasteiger partial charge is 0.494 e. The van der Waals surface area contributed by atoms with Gasteiger partial charge in [0, 0.05) is 24.1 Å². The smallest absolute Gasteiger partial charge is 0.303 e. The zero-order chi connectivity index (χ0) is 16.8. The summed E-state index contributed by atoms with van der Waals surface area (Å²) < 4.78 is 43.3. The molecule has 0 aliphatic heterocycles. The predicted molar refractivity (Wildman–Crippen MR) is 79.2 cm³/mol. The molecule has 1 aromatic rings. The van der Waals surface area contributed by atoms with Gasteiger partial charge in [0.2, 0.25) is 0 Å². The summed E-state index contributed by atoms with van der Waals surface area (Å²) in [4.78, 5) is 10.3. The maximum Gasteiger partial charge on any atom is 0.303 e. The molecule has 0 unspecified atom stereocenters. The van der Waals surface area contributed by atoms with E-state index in [9.17, 15) is 17.8 Å². The molecule has 0 aliphatic carbocycles. The number of hydrogen-bond donors (Lipinski definition) is 2. The molecule has 0 heterocycles. The zero-order valence-corrected chi connectivity index (χ0v) is 13.4. The third kappa shape index (κ3) is 5.19. The van der Waals surface area contributed by atoms with Crippen LogP contribution < -0.4 is 9.47 Å². The summed E-state index contributed by atoms with van der Waals surface area (Å²) in [5.74, 6) is -0.440. The van der Waals surface area contributed by atoms with Crippen LogP contribution in [-0.4, -0.2) is 37.3 Å². The third-order valence-electron chi connectivity index (χ3n) is 2.85. The van der Waals surface area contributed by atoms with Crippen molar-refractivity contribution in [1.29, 1.82) is 0 Å². The van der Waals surface area contributed by atoms with E-state index in [2.05, 4.69) is 0 Å².